The maximum Gasteiger partial charge on any atom is 0.158 e. The van der Waals surface area contributed by atoms with Crippen LogP contribution in [0.15, 0.2) is 0 Å². The highest BCUT2D eigenvalue weighted by Gasteiger charge is 2.31. The lowest BCUT2D eigenvalue weighted by Gasteiger charge is -2.37. The predicted molar refractivity (Wildman–Crippen MR) is 166 cm³/mol. The molecule has 0 N–H and O–H groups in total. The van der Waals surface area contributed by atoms with Crippen LogP contribution in [0.5, 0.6) is 0 Å². The van der Waals surface area contributed by atoms with Gasteiger partial charge in [0.05, 0.1) is 17.8 Å². The van der Waals surface area contributed by atoms with Gasteiger partial charge in [0.2, 0.25) is 0 Å². The molecule has 0 aliphatic carbocycles. The summed E-state index contributed by atoms with van der Waals surface area (Å²) in [5.41, 5.74) is 0.104. The quantitative estimate of drug-likeness (QED) is 0.279. The summed E-state index contributed by atoms with van der Waals surface area (Å²) >= 11 is 0. The Bertz CT molecular complexity index is 375. The molecule has 0 bridgehead atoms. The Kier molecular flexibility index (Phi) is 36.0. The highest BCUT2D eigenvalue weighted by Crippen LogP contribution is 2.31. The fourth-order valence-electron chi connectivity index (χ4n) is 4.31. The summed E-state index contributed by atoms with van der Waals surface area (Å²) in [4.78, 5) is 0. The Morgan fingerprint density at radius 1 is 0.541 bits per heavy atom. The van der Waals surface area contributed by atoms with E-state index in [9.17, 15) is 0 Å². The fourth-order valence-corrected chi connectivity index (χ4v) is 4.31. The lowest BCUT2D eigenvalue weighted by Crippen LogP contribution is -2.38. The number of rotatable bonds is 10. The largest absolute Gasteiger partial charge is 0.353 e. The normalized spacial score (nSPS) is 21.0. The van der Waals surface area contributed by atoms with Crippen molar-refractivity contribution in [3.05, 3.63) is 0 Å². The first kappa shape index (κ1) is 43.9. The zero-order chi connectivity index (χ0) is 29.8. The second-order valence-corrected chi connectivity index (χ2v) is 8.96. The van der Waals surface area contributed by atoms with Crippen LogP contribution < -0.4 is 0 Å². The van der Waals surface area contributed by atoms with Crippen LogP contribution >= 0.6 is 0 Å². The first-order chi connectivity index (χ1) is 17.9. The fraction of sp³-hybridized carbons (Fsp3) is 1.00. The molecule has 3 unspecified atom stereocenters. The Hall–Kier alpha value is -0.160. The van der Waals surface area contributed by atoms with Crippen molar-refractivity contribution in [3.8, 4) is 0 Å². The van der Waals surface area contributed by atoms with E-state index in [0.717, 1.165) is 64.6 Å². The minimum atomic E-state index is 0.0426. The highest BCUT2D eigenvalue weighted by atomic mass is 16.7. The summed E-state index contributed by atoms with van der Waals surface area (Å²) in [5.74, 6) is 0.698. The molecule has 37 heavy (non-hydrogen) atoms. The summed E-state index contributed by atoms with van der Waals surface area (Å²) in [5, 5.41) is 0. The van der Waals surface area contributed by atoms with Gasteiger partial charge in [-0.25, -0.2) is 0 Å². The van der Waals surface area contributed by atoms with Crippen LogP contribution in [0.25, 0.3) is 0 Å². The minimum Gasteiger partial charge on any atom is -0.353 e. The second-order valence-electron chi connectivity index (χ2n) is 8.96. The van der Waals surface area contributed by atoms with Gasteiger partial charge in [-0.2, -0.15) is 0 Å². The average molecular weight is 535 g/mol. The Balaban J connectivity index is -0.000000232. The Labute approximate surface area is 236 Å². The zero-order valence-electron chi connectivity index (χ0n) is 28.6. The van der Waals surface area contributed by atoms with Crippen molar-refractivity contribution in [2.24, 2.45) is 5.92 Å². The van der Waals surface area contributed by atoms with Gasteiger partial charge in [0, 0.05) is 6.61 Å². The van der Waals surface area contributed by atoms with Crippen LogP contribution in [0.3, 0.4) is 0 Å². The van der Waals surface area contributed by atoms with Crippen molar-refractivity contribution in [2.45, 2.75) is 198 Å². The molecule has 2 heterocycles. The van der Waals surface area contributed by atoms with Crippen molar-refractivity contribution in [1.29, 1.82) is 0 Å². The first-order valence-electron chi connectivity index (χ1n) is 16.5. The minimum absolute atomic E-state index is 0.0426. The molecule has 3 atom stereocenters. The van der Waals surface area contributed by atoms with Gasteiger partial charge >= 0.3 is 0 Å². The summed E-state index contributed by atoms with van der Waals surface area (Å²) in [6, 6.07) is 0. The molecule has 2 aliphatic heterocycles. The topological polar surface area (TPSA) is 36.9 Å². The third kappa shape index (κ3) is 19.5. The molecule has 0 radical (unpaired) electrons. The van der Waals surface area contributed by atoms with E-state index in [1.807, 2.05) is 55.4 Å². The van der Waals surface area contributed by atoms with E-state index in [0.29, 0.717) is 5.92 Å². The van der Waals surface area contributed by atoms with Gasteiger partial charge in [-0.15, -0.1) is 0 Å². The Morgan fingerprint density at radius 3 is 1.19 bits per heavy atom. The third-order valence-corrected chi connectivity index (χ3v) is 7.23. The van der Waals surface area contributed by atoms with Crippen molar-refractivity contribution >= 4 is 0 Å². The molecule has 0 aromatic heterocycles. The van der Waals surface area contributed by atoms with E-state index in [-0.39, 0.29) is 23.8 Å². The van der Waals surface area contributed by atoms with Gasteiger partial charge < -0.3 is 18.9 Å². The lowest BCUT2D eigenvalue weighted by molar-refractivity contribution is -0.235. The molecule has 0 amide bonds. The molecule has 2 fully saturated rings. The average Bonchev–Trinajstić information content (AvgIpc) is 3.01. The predicted octanol–water partition coefficient (Wildman–Crippen LogP) is 11.3. The third-order valence-electron chi connectivity index (χ3n) is 7.23. The van der Waals surface area contributed by atoms with Gasteiger partial charge in [-0.05, 0) is 76.5 Å². The molecule has 230 valence electrons. The molecule has 0 aromatic carbocycles. The first-order valence-corrected chi connectivity index (χ1v) is 16.5. The molecule has 0 saturated carbocycles. The van der Waals surface area contributed by atoms with Gasteiger partial charge in [0.15, 0.2) is 12.6 Å². The summed E-state index contributed by atoms with van der Waals surface area (Å²) in [6.45, 7) is 33.2. The second kappa shape index (κ2) is 30.4. The lowest BCUT2D eigenvalue weighted by atomic mass is 9.93. The van der Waals surface area contributed by atoms with Gasteiger partial charge in [0.1, 0.15) is 0 Å². The standard InChI is InChI=1S/C13H26O2.C12H24O2.4C2H6/c1-5-13(6-2,7-3)15-12-9-8-11(4)10-14-12;1-4-12(5-2,6-3)14-11-9-7-8-10-13-11;4*1-2/h11-12H,5-10H2,1-4H3;11H,4-10H2,1-3H3;4*1-2H3. The zero-order valence-corrected chi connectivity index (χ0v) is 28.6. The van der Waals surface area contributed by atoms with E-state index in [2.05, 4.69) is 48.5 Å². The maximum absolute atomic E-state index is 6.15. The molecule has 0 spiro atoms. The van der Waals surface area contributed by atoms with E-state index < -0.39 is 0 Å². The van der Waals surface area contributed by atoms with Gasteiger partial charge in [0.25, 0.3) is 0 Å². The highest BCUT2D eigenvalue weighted by molar-refractivity contribution is 4.78. The van der Waals surface area contributed by atoms with Crippen LogP contribution in [-0.2, 0) is 18.9 Å². The van der Waals surface area contributed by atoms with Crippen molar-refractivity contribution < 1.29 is 18.9 Å². The van der Waals surface area contributed by atoms with Crippen molar-refractivity contribution in [1.82, 2.24) is 0 Å². The summed E-state index contributed by atoms with van der Waals surface area (Å²) in [6.07, 6.45) is 12.4. The smallest absolute Gasteiger partial charge is 0.158 e. The molecule has 2 saturated heterocycles. The van der Waals surface area contributed by atoms with E-state index in [1.54, 1.807) is 0 Å². The van der Waals surface area contributed by atoms with Gasteiger partial charge in [-0.1, -0.05) is 104 Å². The van der Waals surface area contributed by atoms with Crippen LogP contribution in [-0.4, -0.2) is 37.0 Å². The van der Waals surface area contributed by atoms with Crippen LogP contribution in [0.2, 0.25) is 0 Å². The Morgan fingerprint density at radius 2 is 0.919 bits per heavy atom. The molecule has 4 nitrogen and oxygen atoms in total. The van der Waals surface area contributed by atoms with E-state index in [1.165, 1.54) is 19.3 Å². The molecule has 2 aliphatic rings. The number of hydrogen-bond donors (Lipinski definition) is 0. The molecule has 0 aromatic rings. The summed E-state index contributed by atoms with van der Waals surface area (Å²) in [7, 11) is 0. The van der Waals surface area contributed by atoms with Crippen molar-refractivity contribution in [3.63, 3.8) is 0 Å². The van der Waals surface area contributed by atoms with E-state index >= 15 is 0 Å². The monoisotopic (exact) mass is 535 g/mol. The van der Waals surface area contributed by atoms with Gasteiger partial charge in [-0.3, -0.25) is 0 Å². The SMILES string of the molecule is CC.CC.CC.CC.CCC(CC)(CC)OC1CCC(C)CO1.CCC(CC)(CC)OC1CCCCO1. The van der Waals surface area contributed by atoms with Crippen LogP contribution in [0, 0.1) is 5.92 Å². The molecular weight excluding hydrogens is 460 g/mol. The van der Waals surface area contributed by atoms with Crippen molar-refractivity contribution in [2.75, 3.05) is 13.2 Å². The molecule has 2 rings (SSSR count). The van der Waals surface area contributed by atoms with Crippen LogP contribution in [0.4, 0.5) is 0 Å². The van der Waals surface area contributed by atoms with Crippen LogP contribution in [0.1, 0.15) is 174 Å². The summed E-state index contributed by atoms with van der Waals surface area (Å²) < 4.78 is 23.6. The molecular formula is C33H74O4. The van der Waals surface area contributed by atoms with E-state index in [4.69, 9.17) is 18.9 Å². The molecule has 4 heteroatoms. The number of hydrogen-bond acceptors (Lipinski definition) is 4. The number of ether oxygens (including phenoxy) is 4. The maximum atomic E-state index is 6.15.